The van der Waals surface area contributed by atoms with Gasteiger partial charge in [-0.15, -0.1) is 0 Å². The Labute approximate surface area is 129 Å². The predicted molar refractivity (Wildman–Crippen MR) is 80.3 cm³/mol. The van der Waals surface area contributed by atoms with Gasteiger partial charge in [-0.05, 0) is 31.5 Å². The van der Waals surface area contributed by atoms with Crippen LogP contribution in [0, 0.1) is 13.8 Å². The Bertz CT molecular complexity index is 675. The lowest BCUT2D eigenvalue weighted by Gasteiger charge is -2.33. The number of carbonyl (C=O) groups excluding carboxylic acids is 1. The number of hydrogen-bond acceptors (Lipinski definition) is 5. The second-order valence-corrected chi connectivity index (χ2v) is 5.31. The summed E-state index contributed by atoms with van der Waals surface area (Å²) in [6.45, 7) is 5.27. The van der Waals surface area contributed by atoms with Crippen LogP contribution in [-0.4, -0.2) is 45.5 Å². The van der Waals surface area contributed by atoms with Gasteiger partial charge < -0.3 is 9.64 Å². The van der Waals surface area contributed by atoms with E-state index in [-0.39, 0.29) is 12.0 Å². The lowest BCUT2D eigenvalue weighted by atomic mass is 10.1. The summed E-state index contributed by atoms with van der Waals surface area (Å²) in [6.07, 6.45) is 4.96. The molecule has 0 N–H and O–H groups in total. The third-order valence-corrected chi connectivity index (χ3v) is 3.76. The van der Waals surface area contributed by atoms with Gasteiger partial charge in [0.25, 0.3) is 5.91 Å². The SMILES string of the molecule is Cc1ncc(C(=O)N2CCO[C@@H](c3ccncc3)C2)c(C)n1. The summed E-state index contributed by atoms with van der Waals surface area (Å²) in [4.78, 5) is 26.9. The fraction of sp³-hybridized carbons (Fsp3) is 0.375. The first-order valence-electron chi connectivity index (χ1n) is 7.26. The van der Waals surface area contributed by atoms with Gasteiger partial charge in [0.05, 0.1) is 24.4 Å². The van der Waals surface area contributed by atoms with Crippen molar-refractivity contribution in [3.8, 4) is 0 Å². The molecular formula is C16H18N4O2. The van der Waals surface area contributed by atoms with Crippen molar-refractivity contribution in [2.24, 2.45) is 0 Å². The summed E-state index contributed by atoms with van der Waals surface area (Å²) in [7, 11) is 0. The van der Waals surface area contributed by atoms with Crippen molar-refractivity contribution in [1.82, 2.24) is 19.9 Å². The largest absolute Gasteiger partial charge is 0.370 e. The topological polar surface area (TPSA) is 68.2 Å². The van der Waals surface area contributed by atoms with Crippen molar-refractivity contribution in [2.75, 3.05) is 19.7 Å². The quantitative estimate of drug-likeness (QED) is 0.844. The van der Waals surface area contributed by atoms with E-state index in [1.54, 1.807) is 23.5 Å². The van der Waals surface area contributed by atoms with Gasteiger partial charge in [-0.1, -0.05) is 0 Å². The third kappa shape index (κ3) is 2.96. The van der Waals surface area contributed by atoms with Crippen LogP contribution in [-0.2, 0) is 4.74 Å². The second kappa shape index (κ2) is 6.19. The van der Waals surface area contributed by atoms with Crippen molar-refractivity contribution < 1.29 is 9.53 Å². The minimum absolute atomic E-state index is 0.0418. The van der Waals surface area contributed by atoms with Crippen LogP contribution in [0.15, 0.2) is 30.7 Å². The second-order valence-electron chi connectivity index (χ2n) is 5.31. The van der Waals surface area contributed by atoms with Crippen LogP contribution in [0.1, 0.15) is 33.5 Å². The number of hydrogen-bond donors (Lipinski definition) is 0. The van der Waals surface area contributed by atoms with Gasteiger partial charge in [-0.2, -0.15) is 0 Å². The van der Waals surface area contributed by atoms with Gasteiger partial charge in [-0.25, -0.2) is 9.97 Å². The van der Waals surface area contributed by atoms with Gasteiger partial charge in [-0.3, -0.25) is 9.78 Å². The highest BCUT2D eigenvalue weighted by Gasteiger charge is 2.27. The van der Waals surface area contributed by atoms with E-state index in [1.807, 2.05) is 26.0 Å². The maximum Gasteiger partial charge on any atom is 0.257 e. The fourth-order valence-electron chi connectivity index (χ4n) is 2.58. The van der Waals surface area contributed by atoms with Gasteiger partial charge in [0, 0.05) is 25.1 Å². The molecule has 3 rings (SSSR count). The molecule has 6 nitrogen and oxygen atoms in total. The summed E-state index contributed by atoms with van der Waals surface area (Å²) in [6, 6.07) is 3.83. The number of morpholine rings is 1. The Hall–Kier alpha value is -2.34. The summed E-state index contributed by atoms with van der Waals surface area (Å²) in [5, 5.41) is 0. The number of carbonyl (C=O) groups is 1. The molecule has 2 aromatic heterocycles. The fourth-order valence-corrected chi connectivity index (χ4v) is 2.58. The van der Waals surface area contributed by atoms with Gasteiger partial charge >= 0.3 is 0 Å². The van der Waals surface area contributed by atoms with E-state index in [1.165, 1.54) is 0 Å². The zero-order chi connectivity index (χ0) is 15.5. The monoisotopic (exact) mass is 298 g/mol. The van der Waals surface area contributed by atoms with E-state index in [4.69, 9.17) is 4.74 Å². The summed E-state index contributed by atoms with van der Waals surface area (Å²) < 4.78 is 5.78. The highest BCUT2D eigenvalue weighted by Crippen LogP contribution is 2.23. The Morgan fingerprint density at radius 2 is 2.09 bits per heavy atom. The maximum absolute atomic E-state index is 12.7. The minimum Gasteiger partial charge on any atom is -0.370 e. The van der Waals surface area contributed by atoms with Crippen molar-refractivity contribution in [1.29, 1.82) is 0 Å². The molecule has 1 aliphatic rings. The molecule has 0 aromatic carbocycles. The molecule has 0 unspecified atom stereocenters. The number of aromatic nitrogens is 3. The number of pyridine rings is 1. The van der Waals surface area contributed by atoms with E-state index in [9.17, 15) is 4.79 Å². The Balaban J connectivity index is 1.78. The van der Waals surface area contributed by atoms with Crippen LogP contribution in [0.25, 0.3) is 0 Å². The molecule has 0 bridgehead atoms. The van der Waals surface area contributed by atoms with E-state index in [2.05, 4.69) is 15.0 Å². The van der Waals surface area contributed by atoms with Crippen LogP contribution < -0.4 is 0 Å². The summed E-state index contributed by atoms with van der Waals surface area (Å²) >= 11 is 0. The molecule has 0 radical (unpaired) electrons. The maximum atomic E-state index is 12.7. The van der Waals surface area contributed by atoms with Crippen molar-refractivity contribution in [2.45, 2.75) is 20.0 Å². The third-order valence-electron chi connectivity index (χ3n) is 3.76. The Morgan fingerprint density at radius 1 is 1.32 bits per heavy atom. The van der Waals surface area contributed by atoms with Gasteiger partial charge in [0.2, 0.25) is 0 Å². The number of nitrogens with zero attached hydrogens (tertiary/aromatic N) is 4. The van der Waals surface area contributed by atoms with E-state index in [0.717, 1.165) is 5.56 Å². The molecule has 1 saturated heterocycles. The standard InChI is InChI=1S/C16H18N4O2/c1-11-14(9-18-12(2)19-11)16(21)20-7-8-22-15(10-20)13-3-5-17-6-4-13/h3-6,9,15H,7-8,10H2,1-2H3/t15-/m1/s1. The molecule has 1 atom stereocenters. The van der Waals surface area contributed by atoms with Crippen LogP contribution in [0.3, 0.4) is 0 Å². The zero-order valence-corrected chi connectivity index (χ0v) is 12.7. The minimum atomic E-state index is -0.118. The molecule has 6 heteroatoms. The molecule has 1 amide bonds. The molecule has 2 aromatic rings. The summed E-state index contributed by atoms with van der Waals surface area (Å²) in [5.41, 5.74) is 2.30. The molecule has 114 valence electrons. The van der Waals surface area contributed by atoms with E-state index >= 15 is 0 Å². The van der Waals surface area contributed by atoms with Crippen LogP contribution >= 0.6 is 0 Å². The lowest BCUT2D eigenvalue weighted by molar-refractivity contribution is -0.0229. The number of rotatable bonds is 2. The molecule has 22 heavy (non-hydrogen) atoms. The first-order chi connectivity index (χ1) is 10.6. The number of aryl methyl sites for hydroxylation is 2. The van der Waals surface area contributed by atoms with Crippen LogP contribution in [0.4, 0.5) is 0 Å². The van der Waals surface area contributed by atoms with Gasteiger partial charge in [0.15, 0.2) is 0 Å². The van der Waals surface area contributed by atoms with Gasteiger partial charge in [0.1, 0.15) is 11.9 Å². The predicted octanol–water partition coefficient (Wildman–Crippen LogP) is 1.70. The van der Waals surface area contributed by atoms with E-state index in [0.29, 0.717) is 36.8 Å². The molecule has 0 aliphatic carbocycles. The first-order valence-corrected chi connectivity index (χ1v) is 7.26. The number of amides is 1. The van der Waals surface area contributed by atoms with Crippen LogP contribution in [0.5, 0.6) is 0 Å². The van der Waals surface area contributed by atoms with E-state index < -0.39 is 0 Å². The molecule has 0 saturated carbocycles. The summed E-state index contributed by atoms with van der Waals surface area (Å²) in [5.74, 6) is 0.630. The highest BCUT2D eigenvalue weighted by atomic mass is 16.5. The molecule has 3 heterocycles. The normalized spacial score (nSPS) is 18.3. The number of ether oxygens (including phenoxy) is 1. The Kier molecular flexibility index (Phi) is 4.11. The highest BCUT2D eigenvalue weighted by molar-refractivity contribution is 5.95. The average Bonchev–Trinajstić information content (AvgIpc) is 2.55. The average molecular weight is 298 g/mol. The van der Waals surface area contributed by atoms with Crippen molar-refractivity contribution >= 4 is 5.91 Å². The molecule has 1 aliphatic heterocycles. The Morgan fingerprint density at radius 3 is 2.82 bits per heavy atom. The smallest absolute Gasteiger partial charge is 0.257 e. The molecule has 0 spiro atoms. The van der Waals surface area contributed by atoms with Crippen molar-refractivity contribution in [3.63, 3.8) is 0 Å². The first kappa shape index (κ1) is 14.6. The van der Waals surface area contributed by atoms with Crippen molar-refractivity contribution in [3.05, 3.63) is 53.4 Å². The molecular weight excluding hydrogens is 280 g/mol. The zero-order valence-electron chi connectivity index (χ0n) is 12.7. The lowest BCUT2D eigenvalue weighted by Crippen LogP contribution is -2.42. The molecule has 1 fully saturated rings. The van der Waals surface area contributed by atoms with Crippen LogP contribution in [0.2, 0.25) is 0 Å².